The van der Waals surface area contributed by atoms with Crippen LogP contribution in [-0.4, -0.2) is 43.6 Å². The first kappa shape index (κ1) is 18.8. The largest absolute Gasteiger partial charge is 0.486 e. The van der Waals surface area contributed by atoms with Crippen molar-refractivity contribution in [2.24, 2.45) is 0 Å². The van der Waals surface area contributed by atoms with Crippen LogP contribution in [0.3, 0.4) is 0 Å². The maximum Gasteiger partial charge on any atom is 0.338 e. The number of aryl methyl sites for hydroxylation is 2. The zero-order valence-corrected chi connectivity index (χ0v) is 15.8. The highest BCUT2D eigenvalue weighted by Gasteiger charge is 2.16. The predicted octanol–water partition coefficient (Wildman–Crippen LogP) is 2.89. The molecule has 1 aliphatic heterocycles. The summed E-state index contributed by atoms with van der Waals surface area (Å²) >= 11 is 0. The second-order valence-electron chi connectivity index (χ2n) is 6.60. The second-order valence-corrected chi connectivity index (χ2v) is 6.60. The van der Waals surface area contributed by atoms with Crippen LogP contribution >= 0.6 is 0 Å². The van der Waals surface area contributed by atoms with Crippen LogP contribution in [0.4, 0.5) is 0 Å². The minimum Gasteiger partial charge on any atom is -0.486 e. The lowest BCUT2D eigenvalue weighted by atomic mass is 10.1. The number of carbonyl (C=O) groups is 2. The summed E-state index contributed by atoms with van der Waals surface area (Å²) in [5.41, 5.74) is 3.46. The molecule has 0 fully saturated rings. The van der Waals surface area contributed by atoms with Gasteiger partial charge in [-0.25, -0.2) is 4.79 Å². The Labute approximate surface area is 158 Å². The fourth-order valence-electron chi connectivity index (χ4n) is 2.74. The average molecular weight is 369 g/mol. The normalized spacial score (nSPS) is 12.4. The van der Waals surface area contributed by atoms with E-state index in [1.54, 1.807) is 19.2 Å². The molecule has 0 radical (unpaired) electrons. The van der Waals surface area contributed by atoms with Crippen molar-refractivity contribution in [2.75, 3.05) is 26.9 Å². The third-order valence-electron chi connectivity index (χ3n) is 4.52. The van der Waals surface area contributed by atoms with E-state index in [-0.39, 0.29) is 12.5 Å². The topological polar surface area (TPSA) is 65.1 Å². The molecule has 0 aromatic heterocycles. The highest BCUT2D eigenvalue weighted by molar-refractivity contribution is 5.91. The second kappa shape index (κ2) is 8.12. The molecule has 2 aromatic carbocycles. The summed E-state index contributed by atoms with van der Waals surface area (Å²) < 4.78 is 16.2. The summed E-state index contributed by atoms with van der Waals surface area (Å²) in [4.78, 5) is 25.9. The Morgan fingerprint density at radius 3 is 2.48 bits per heavy atom. The lowest BCUT2D eigenvalue weighted by Gasteiger charge is -2.21. The van der Waals surface area contributed by atoms with Crippen LogP contribution in [-0.2, 0) is 16.1 Å². The van der Waals surface area contributed by atoms with Gasteiger partial charge in [0.25, 0.3) is 5.91 Å². The Morgan fingerprint density at radius 1 is 1.00 bits per heavy atom. The number of hydrogen-bond donors (Lipinski definition) is 0. The number of nitrogens with zero attached hydrogens (tertiary/aromatic N) is 1. The number of rotatable bonds is 5. The summed E-state index contributed by atoms with van der Waals surface area (Å²) in [5, 5.41) is 0. The van der Waals surface area contributed by atoms with Crippen LogP contribution in [0.2, 0.25) is 0 Å². The molecule has 0 N–H and O–H groups in total. The van der Waals surface area contributed by atoms with E-state index in [1.807, 2.05) is 38.1 Å². The van der Waals surface area contributed by atoms with E-state index >= 15 is 0 Å². The maximum atomic E-state index is 12.3. The molecule has 6 heteroatoms. The van der Waals surface area contributed by atoms with Crippen molar-refractivity contribution < 1.29 is 23.8 Å². The van der Waals surface area contributed by atoms with Crippen molar-refractivity contribution in [2.45, 2.75) is 20.4 Å². The van der Waals surface area contributed by atoms with Crippen molar-refractivity contribution in [1.82, 2.24) is 4.90 Å². The molecule has 1 heterocycles. The number of fused-ring (bicyclic) bond motifs is 1. The predicted molar refractivity (Wildman–Crippen MR) is 100 cm³/mol. The fourth-order valence-corrected chi connectivity index (χ4v) is 2.74. The molecule has 0 bridgehead atoms. The van der Waals surface area contributed by atoms with Gasteiger partial charge in [-0.3, -0.25) is 4.79 Å². The van der Waals surface area contributed by atoms with Crippen LogP contribution < -0.4 is 9.47 Å². The number of amides is 1. The van der Waals surface area contributed by atoms with Crippen molar-refractivity contribution in [1.29, 1.82) is 0 Å². The Balaban J connectivity index is 1.54. The summed E-state index contributed by atoms with van der Waals surface area (Å²) in [7, 11) is 1.67. The van der Waals surface area contributed by atoms with E-state index in [4.69, 9.17) is 14.2 Å². The quantitative estimate of drug-likeness (QED) is 0.759. The first-order valence-corrected chi connectivity index (χ1v) is 8.81. The molecule has 142 valence electrons. The molecule has 3 rings (SSSR count). The van der Waals surface area contributed by atoms with Crippen LogP contribution in [0.1, 0.15) is 27.0 Å². The standard InChI is InChI=1S/C21H23NO5/c1-14-4-6-17(10-15(14)2)21(24)27-13-20(23)22(3)12-16-5-7-18-19(11-16)26-9-8-25-18/h4-7,10-11H,8-9,12-13H2,1-3H3. The van der Waals surface area contributed by atoms with Gasteiger partial charge >= 0.3 is 5.97 Å². The Hall–Kier alpha value is -3.02. The number of likely N-dealkylation sites (N-methyl/N-ethyl adjacent to an activating group) is 1. The van der Waals surface area contributed by atoms with Gasteiger partial charge in [-0.15, -0.1) is 0 Å². The van der Waals surface area contributed by atoms with Gasteiger partial charge in [-0.2, -0.15) is 0 Å². The van der Waals surface area contributed by atoms with Gasteiger partial charge in [0.1, 0.15) is 13.2 Å². The molecule has 0 spiro atoms. The van der Waals surface area contributed by atoms with Gasteiger partial charge < -0.3 is 19.1 Å². The third-order valence-corrected chi connectivity index (χ3v) is 4.52. The molecular formula is C21H23NO5. The van der Waals surface area contributed by atoms with E-state index in [2.05, 4.69) is 0 Å². The Kier molecular flexibility index (Phi) is 5.64. The zero-order chi connectivity index (χ0) is 19.4. The van der Waals surface area contributed by atoms with Crippen molar-refractivity contribution in [3.63, 3.8) is 0 Å². The Bertz CT molecular complexity index is 862. The molecule has 0 unspecified atom stereocenters. The molecule has 6 nitrogen and oxygen atoms in total. The minimum absolute atomic E-state index is 0.276. The third kappa shape index (κ3) is 4.58. The Morgan fingerprint density at radius 2 is 1.74 bits per heavy atom. The van der Waals surface area contributed by atoms with Gasteiger partial charge in [-0.05, 0) is 54.8 Å². The molecule has 0 saturated carbocycles. The first-order chi connectivity index (χ1) is 12.9. The highest BCUT2D eigenvalue weighted by atomic mass is 16.6. The van der Waals surface area contributed by atoms with Crippen LogP contribution in [0.15, 0.2) is 36.4 Å². The van der Waals surface area contributed by atoms with Gasteiger partial charge in [0.2, 0.25) is 0 Å². The maximum absolute atomic E-state index is 12.3. The first-order valence-electron chi connectivity index (χ1n) is 8.81. The van der Waals surface area contributed by atoms with Gasteiger partial charge in [0.15, 0.2) is 18.1 Å². The lowest BCUT2D eigenvalue weighted by Crippen LogP contribution is -2.31. The van der Waals surface area contributed by atoms with Crippen molar-refractivity contribution in [3.8, 4) is 11.5 Å². The van der Waals surface area contributed by atoms with E-state index in [0.717, 1.165) is 16.7 Å². The van der Waals surface area contributed by atoms with Gasteiger partial charge in [0.05, 0.1) is 5.56 Å². The minimum atomic E-state index is -0.501. The number of carbonyl (C=O) groups excluding carboxylic acids is 2. The summed E-state index contributed by atoms with van der Waals surface area (Å²) in [6.07, 6.45) is 0. The fraction of sp³-hybridized carbons (Fsp3) is 0.333. The van der Waals surface area contributed by atoms with Gasteiger partial charge in [-0.1, -0.05) is 12.1 Å². The van der Waals surface area contributed by atoms with Crippen LogP contribution in [0, 0.1) is 13.8 Å². The van der Waals surface area contributed by atoms with E-state index in [9.17, 15) is 9.59 Å². The van der Waals surface area contributed by atoms with Gasteiger partial charge in [0, 0.05) is 13.6 Å². The van der Waals surface area contributed by atoms with Crippen LogP contribution in [0.25, 0.3) is 0 Å². The van der Waals surface area contributed by atoms with Crippen LogP contribution in [0.5, 0.6) is 11.5 Å². The summed E-state index contributed by atoms with van der Waals surface area (Å²) in [6.45, 7) is 5.04. The van der Waals surface area contributed by atoms with Crippen molar-refractivity contribution in [3.05, 3.63) is 58.7 Å². The van der Waals surface area contributed by atoms with E-state index < -0.39 is 5.97 Å². The number of hydrogen-bond acceptors (Lipinski definition) is 5. The number of esters is 1. The monoisotopic (exact) mass is 369 g/mol. The molecule has 27 heavy (non-hydrogen) atoms. The average Bonchev–Trinajstić information content (AvgIpc) is 2.67. The highest BCUT2D eigenvalue weighted by Crippen LogP contribution is 2.31. The molecule has 1 aliphatic rings. The molecule has 0 aliphatic carbocycles. The summed E-state index contributed by atoms with van der Waals surface area (Å²) in [5.74, 6) is 0.614. The smallest absolute Gasteiger partial charge is 0.338 e. The molecule has 2 aromatic rings. The van der Waals surface area contributed by atoms with Crippen molar-refractivity contribution >= 4 is 11.9 Å². The molecule has 1 amide bonds. The summed E-state index contributed by atoms with van der Waals surface area (Å²) in [6, 6.07) is 10.9. The van der Waals surface area contributed by atoms with E-state index in [0.29, 0.717) is 36.8 Å². The number of benzene rings is 2. The molecule has 0 saturated heterocycles. The molecular weight excluding hydrogens is 346 g/mol. The zero-order valence-electron chi connectivity index (χ0n) is 15.8. The SMILES string of the molecule is Cc1ccc(C(=O)OCC(=O)N(C)Cc2ccc3c(c2)OCCO3)cc1C. The van der Waals surface area contributed by atoms with E-state index in [1.165, 1.54) is 4.90 Å². The molecule has 0 atom stereocenters. The lowest BCUT2D eigenvalue weighted by molar-refractivity contribution is -0.133. The number of ether oxygens (including phenoxy) is 3.